The molecular formula is C13H20O. The largest absolute Gasteiger partial charge is 0.294 e. The van der Waals surface area contributed by atoms with Crippen molar-refractivity contribution < 1.29 is 4.79 Å². The quantitative estimate of drug-likeness (QED) is 0.667. The lowest BCUT2D eigenvalue weighted by molar-refractivity contribution is -0.117. The summed E-state index contributed by atoms with van der Waals surface area (Å²) in [6, 6.07) is 0. The van der Waals surface area contributed by atoms with E-state index in [0.29, 0.717) is 5.78 Å². The van der Waals surface area contributed by atoms with Crippen molar-refractivity contribution >= 4 is 5.78 Å². The lowest BCUT2D eigenvalue weighted by atomic mass is 9.94. The predicted octanol–water partition coefficient (Wildman–Crippen LogP) is 3.66. The maximum Gasteiger partial charge on any atom is 0.166 e. The molecule has 1 atom stereocenters. The molecule has 0 bridgehead atoms. The minimum atomic E-state index is 0.157. The summed E-state index contributed by atoms with van der Waals surface area (Å²) in [5, 5.41) is 0. The average molecular weight is 192 g/mol. The maximum absolute atomic E-state index is 12.0. The first-order chi connectivity index (χ1) is 6.71. The number of ketones is 1. The first-order valence-electron chi connectivity index (χ1n) is 5.63. The maximum atomic E-state index is 12.0. The fourth-order valence-corrected chi connectivity index (χ4v) is 2.47. The van der Waals surface area contributed by atoms with Crippen molar-refractivity contribution in [2.45, 2.75) is 47.0 Å². The van der Waals surface area contributed by atoms with Gasteiger partial charge >= 0.3 is 0 Å². The van der Waals surface area contributed by atoms with E-state index >= 15 is 0 Å². The number of hydrogen-bond donors (Lipinski definition) is 0. The molecule has 1 unspecified atom stereocenters. The molecule has 14 heavy (non-hydrogen) atoms. The van der Waals surface area contributed by atoms with Gasteiger partial charge in [0.05, 0.1) is 0 Å². The molecule has 0 fully saturated rings. The third-order valence-corrected chi connectivity index (χ3v) is 3.13. The number of rotatable bonds is 3. The predicted molar refractivity (Wildman–Crippen MR) is 60.2 cm³/mol. The third-order valence-electron chi connectivity index (χ3n) is 3.13. The SMILES string of the molecule is C/C=C1/C(CC)=C(CC)C(=O)C1CC. The minimum absolute atomic E-state index is 0.157. The van der Waals surface area contributed by atoms with Crippen molar-refractivity contribution in [3.63, 3.8) is 0 Å². The second-order valence-corrected chi connectivity index (χ2v) is 3.73. The van der Waals surface area contributed by atoms with Gasteiger partial charge in [-0.3, -0.25) is 4.79 Å². The van der Waals surface area contributed by atoms with Gasteiger partial charge in [-0.15, -0.1) is 0 Å². The average Bonchev–Trinajstić information content (AvgIpc) is 2.48. The number of allylic oxidation sites excluding steroid dienone is 4. The summed E-state index contributed by atoms with van der Waals surface area (Å²) in [5.41, 5.74) is 3.68. The highest BCUT2D eigenvalue weighted by molar-refractivity contribution is 6.04. The Morgan fingerprint density at radius 1 is 1.14 bits per heavy atom. The highest BCUT2D eigenvalue weighted by Gasteiger charge is 2.33. The van der Waals surface area contributed by atoms with Crippen LogP contribution in [0.25, 0.3) is 0 Å². The zero-order valence-electron chi connectivity index (χ0n) is 9.68. The minimum Gasteiger partial charge on any atom is -0.294 e. The van der Waals surface area contributed by atoms with Gasteiger partial charge in [0.15, 0.2) is 5.78 Å². The number of hydrogen-bond acceptors (Lipinski definition) is 1. The summed E-state index contributed by atoms with van der Waals surface area (Å²) in [7, 11) is 0. The molecule has 78 valence electrons. The molecule has 0 saturated carbocycles. The molecule has 1 heteroatoms. The van der Waals surface area contributed by atoms with Crippen LogP contribution in [0.3, 0.4) is 0 Å². The van der Waals surface area contributed by atoms with Crippen molar-refractivity contribution in [1.82, 2.24) is 0 Å². The molecular weight excluding hydrogens is 172 g/mol. The van der Waals surface area contributed by atoms with Crippen LogP contribution in [0.15, 0.2) is 22.8 Å². The Labute approximate surface area is 86.9 Å². The summed E-state index contributed by atoms with van der Waals surface area (Å²) >= 11 is 0. The van der Waals surface area contributed by atoms with Crippen molar-refractivity contribution in [2.24, 2.45) is 5.92 Å². The molecule has 0 saturated heterocycles. The van der Waals surface area contributed by atoms with E-state index in [1.54, 1.807) is 0 Å². The first kappa shape index (κ1) is 11.2. The van der Waals surface area contributed by atoms with Crippen molar-refractivity contribution in [1.29, 1.82) is 0 Å². The van der Waals surface area contributed by atoms with Crippen molar-refractivity contribution in [2.75, 3.05) is 0 Å². The molecule has 1 aliphatic rings. The Bertz CT molecular complexity index is 294. The molecule has 1 rings (SSSR count). The molecule has 1 nitrogen and oxygen atoms in total. The molecule has 0 aromatic carbocycles. The third kappa shape index (κ3) is 1.56. The number of carbonyl (C=O) groups excluding carboxylic acids is 1. The van der Waals surface area contributed by atoms with Gasteiger partial charge in [0, 0.05) is 5.92 Å². The molecule has 0 N–H and O–H groups in total. The fraction of sp³-hybridized carbons (Fsp3) is 0.615. The van der Waals surface area contributed by atoms with E-state index in [1.165, 1.54) is 11.1 Å². The monoisotopic (exact) mass is 192 g/mol. The zero-order chi connectivity index (χ0) is 10.7. The molecule has 0 aromatic rings. The molecule has 0 spiro atoms. The van der Waals surface area contributed by atoms with Gasteiger partial charge in [0.25, 0.3) is 0 Å². The highest BCUT2D eigenvalue weighted by atomic mass is 16.1. The van der Waals surface area contributed by atoms with E-state index in [4.69, 9.17) is 0 Å². The highest BCUT2D eigenvalue weighted by Crippen LogP contribution is 2.38. The Hall–Kier alpha value is -0.850. The Morgan fingerprint density at radius 2 is 1.71 bits per heavy atom. The van der Waals surface area contributed by atoms with Crippen LogP contribution in [0.1, 0.15) is 47.0 Å². The van der Waals surface area contributed by atoms with E-state index in [1.807, 2.05) is 6.92 Å². The Balaban J connectivity index is 3.17. The summed E-state index contributed by atoms with van der Waals surface area (Å²) in [4.78, 5) is 12.0. The van der Waals surface area contributed by atoms with Gasteiger partial charge in [0.2, 0.25) is 0 Å². The van der Waals surface area contributed by atoms with E-state index in [9.17, 15) is 4.79 Å². The van der Waals surface area contributed by atoms with Crippen LogP contribution in [0, 0.1) is 5.92 Å². The molecule has 1 aliphatic carbocycles. The second-order valence-electron chi connectivity index (χ2n) is 3.73. The standard InChI is InChI=1S/C13H20O/c1-5-9-10(6-2)12(8-4)13(14)11(9)7-3/h5,11H,6-8H2,1-4H3/b9-5-. The Kier molecular flexibility index (Phi) is 3.68. The number of Topliss-reactive ketones (excluding diaryl/α,β-unsaturated/α-hetero) is 1. The van der Waals surface area contributed by atoms with Crippen LogP contribution in [-0.2, 0) is 4.79 Å². The molecule has 0 amide bonds. The van der Waals surface area contributed by atoms with E-state index < -0.39 is 0 Å². The summed E-state index contributed by atoms with van der Waals surface area (Å²) in [6.07, 6.45) is 4.93. The van der Waals surface area contributed by atoms with Crippen LogP contribution in [0.2, 0.25) is 0 Å². The molecule has 0 aliphatic heterocycles. The van der Waals surface area contributed by atoms with Crippen LogP contribution < -0.4 is 0 Å². The lowest BCUT2D eigenvalue weighted by Gasteiger charge is -2.09. The first-order valence-corrected chi connectivity index (χ1v) is 5.63. The summed E-state index contributed by atoms with van der Waals surface area (Å²) in [5.74, 6) is 0.532. The lowest BCUT2D eigenvalue weighted by Crippen LogP contribution is -2.10. The summed E-state index contributed by atoms with van der Waals surface area (Å²) < 4.78 is 0. The van der Waals surface area contributed by atoms with Gasteiger partial charge in [-0.2, -0.15) is 0 Å². The van der Waals surface area contributed by atoms with Gasteiger partial charge in [0.1, 0.15) is 0 Å². The topological polar surface area (TPSA) is 17.1 Å². The smallest absolute Gasteiger partial charge is 0.166 e. The zero-order valence-corrected chi connectivity index (χ0v) is 9.68. The Morgan fingerprint density at radius 3 is 2.07 bits per heavy atom. The van der Waals surface area contributed by atoms with Crippen LogP contribution in [0.4, 0.5) is 0 Å². The second kappa shape index (κ2) is 4.59. The molecule has 0 aromatic heterocycles. The van der Waals surface area contributed by atoms with Crippen molar-refractivity contribution in [3.8, 4) is 0 Å². The van der Waals surface area contributed by atoms with Crippen molar-refractivity contribution in [3.05, 3.63) is 22.8 Å². The van der Waals surface area contributed by atoms with E-state index in [2.05, 4.69) is 26.8 Å². The van der Waals surface area contributed by atoms with E-state index in [0.717, 1.165) is 24.8 Å². The van der Waals surface area contributed by atoms with Gasteiger partial charge in [-0.25, -0.2) is 0 Å². The van der Waals surface area contributed by atoms with Crippen LogP contribution in [0.5, 0.6) is 0 Å². The van der Waals surface area contributed by atoms with Gasteiger partial charge in [-0.1, -0.05) is 26.8 Å². The van der Waals surface area contributed by atoms with Gasteiger partial charge < -0.3 is 0 Å². The number of carbonyl (C=O) groups is 1. The summed E-state index contributed by atoms with van der Waals surface area (Å²) in [6.45, 7) is 8.35. The molecule has 0 radical (unpaired) electrons. The van der Waals surface area contributed by atoms with Crippen LogP contribution >= 0.6 is 0 Å². The van der Waals surface area contributed by atoms with Crippen LogP contribution in [-0.4, -0.2) is 5.78 Å². The normalized spacial score (nSPS) is 25.3. The van der Waals surface area contributed by atoms with Gasteiger partial charge in [-0.05, 0) is 42.9 Å². The van der Waals surface area contributed by atoms with E-state index in [-0.39, 0.29) is 5.92 Å². The molecule has 0 heterocycles. The fourth-order valence-electron chi connectivity index (χ4n) is 2.47.